The van der Waals surface area contributed by atoms with Gasteiger partial charge in [-0.3, -0.25) is 0 Å². The molecule has 3 rings (SSSR count). The molecule has 0 saturated heterocycles. The van der Waals surface area contributed by atoms with Crippen LogP contribution in [0, 0.1) is 6.92 Å². The van der Waals surface area contributed by atoms with Crippen molar-refractivity contribution in [3.8, 4) is 0 Å². The molecule has 0 aliphatic rings. The molecule has 0 fully saturated rings. The molecular formula is C9H7N5. The molecule has 0 aliphatic carbocycles. The first-order chi connectivity index (χ1) is 6.86. The van der Waals surface area contributed by atoms with Gasteiger partial charge in [0.25, 0.3) is 0 Å². The molecule has 0 saturated carbocycles. The van der Waals surface area contributed by atoms with Gasteiger partial charge in [0.15, 0.2) is 0 Å². The molecule has 0 atom stereocenters. The number of hydrogen-bond donors (Lipinski definition) is 0. The Bertz CT molecular complexity index is 613. The van der Waals surface area contributed by atoms with Crippen LogP contribution >= 0.6 is 0 Å². The summed E-state index contributed by atoms with van der Waals surface area (Å²) in [5.41, 5.74) is 1.63. The lowest BCUT2D eigenvalue weighted by atomic mass is 10.1. The van der Waals surface area contributed by atoms with Gasteiger partial charge in [-0.15, -0.1) is 9.73 Å². The van der Waals surface area contributed by atoms with Gasteiger partial charge in [0.2, 0.25) is 5.65 Å². The largest absolute Gasteiger partial charge is 0.207 e. The van der Waals surface area contributed by atoms with E-state index in [1.165, 1.54) is 4.63 Å². The number of tetrazole rings is 1. The predicted molar refractivity (Wildman–Crippen MR) is 50.8 cm³/mol. The highest BCUT2D eigenvalue weighted by Crippen LogP contribution is 2.18. The topological polar surface area (TPSA) is 56.0 Å². The molecule has 0 amide bonds. The van der Waals surface area contributed by atoms with Crippen molar-refractivity contribution in [3.05, 3.63) is 30.0 Å². The van der Waals surface area contributed by atoms with Crippen LogP contribution in [0.15, 0.2) is 24.3 Å². The third-order valence-corrected chi connectivity index (χ3v) is 2.26. The maximum Gasteiger partial charge on any atom is 0.207 e. The van der Waals surface area contributed by atoms with E-state index in [2.05, 4.69) is 20.6 Å². The standard InChI is InChI=1S/C9H7N5/c1-6-7-4-2-3-5-8(7)9-10-12-13-14(9)11-6/h2-5H,1H3. The molecule has 2 aromatic heterocycles. The molecule has 2 heterocycles. The molecule has 68 valence electrons. The van der Waals surface area contributed by atoms with Crippen molar-refractivity contribution in [1.29, 1.82) is 0 Å². The van der Waals surface area contributed by atoms with Crippen LogP contribution in [0.3, 0.4) is 0 Å². The van der Waals surface area contributed by atoms with Crippen LogP contribution in [0.4, 0.5) is 0 Å². The number of rotatable bonds is 0. The van der Waals surface area contributed by atoms with Gasteiger partial charge in [-0.1, -0.05) is 24.3 Å². The average Bonchev–Trinajstić information content (AvgIpc) is 2.66. The Labute approximate surface area is 79.3 Å². The van der Waals surface area contributed by atoms with Gasteiger partial charge < -0.3 is 0 Å². The monoisotopic (exact) mass is 185 g/mol. The molecule has 0 radical (unpaired) electrons. The molecule has 3 aromatic rings. The summed E-state index contributed by atoms with van der Waals surface area (Å²) in [5.74, 6) is 0. The molecule has 0 bridgehead atoms. The molecule has 5 heteroatoms. The fourth-order valence-electron chi connectivity index (χ4n) is 1.60. The van der Waals surface area contributed by atoms with Gasteiger partial charge in [0, 0.05) is 10.8 Å². The summed E-state index contributed by atoms with van der Waals surface area (Å²) >= 11 is 0. The molecule has 1 aromatic carbocycles. The van der Waals surface area contributed by atoms with E-state index in [1.807, 2.05) is 31.2 Å². The normalized spacial score (nSPS) is 11.2. The van der Waals surface area contributed by atoms with Crippen molar-refractivity contribution in [2.24, 2.45) is 0 Å². The molecule has 5 nitrogen and oxygen atoms in total. The lowest BCUT2D eigenvalue weighted by molar-refractivity contribution is 0.726. The van der Waals surface area contributed by atoms with Crippen LogP contribution in [0.1, 0.15) is 5.69 Å². The Morgan fingerprint density at radius 3 is 2.79 bits per heavy atom. The summed E-state index contributed by atoms with van der Waals surface area (Å²) in [5, 5.41) is 17.7. The first-order valence-corrected chi connectivity index (χ1v) is 4.30. The van der Waals surface area contributed by atoms with Crippen LogP contribution in [0.5, 0.6) is 0 Å². The highest BCUT2D eigenvalue weighted by molar-refractivity contribution is 5.94. The summed E-state index contributed by atoms with van der Waals surface area (Å²) in [7, 11) is 0. The quantitative estimate of drug-likeness (QED) is 0.524. The van der Waals surface area contributed by atoms with E-state index in [0.717, 1.165) is 16.5 Å². The van der Waals surface area contributed by atoms with Crippen molar-refractivity contribution in [2.75, 3.05) is 0 Å². The molecule has 0 aliphatic heterocycles. The lowest BCUT2D eigenvalue weighted by Gasteiger charge is -2.00. The molecule has 14 heavy (non-hydrogen) atoms. The zero-order chi connectivity index (χ0) is 9.54. The first-order valence-electron chi connectivity index (χ1n) is 4.30. The minimum Gasteiger partial charge on any atom is -0.152 e. The van der Waals surface area contributed by atoms with E-state index >= 15 is 0 Å². The third-order valence-electron chi connectivity index (χ3n) is 2.26. The Morgan fingerprint density at radius 1 is 1.14 bits per heavy atom. The van der Waals surface area contributed by atoms with E-state index in [4.69, 9.17) is 0 Å². The van der Waals surface area contributed by atoms with Gasteiger partial charge in [-0.25, -0.2) is 0 Å². The maximum absolute atomic E-state index is 4.24. The Hall–Kier alpha value is -2.04. The fraction of sp³-hybridized carbons (Fsp3) is 0.111. The van der Waals surface area contributed by atoms with Crippen molar-refractivity contribution in [2.45, 2.75) is 6.92 Å². The second kappa shape index (κ2) is 2.47. The number of hydrogen-bond acceptors (Lipinski definition) is 4. The van der Waals surface area contributed by atoms with Crippen LogP contribution in [-0.2, 0) is 0 Å². The van der Waals surface area contributed by atoms with Crippen LogP contribution in [0.25, 0.3) is 16.4 Å². The highest BCUT2D eigenvalue weighted by atomic mass is 15.6. The zero-order valence-corrected chi connectivity index (χ0v) is 7.55. The predicted octanol–water partition coefficient (Wildman–Crippen LogP) is 0.981. The van der Waals surface area contributed by atoms with Crippen molar-refractivity contribution < 1.29 is 0 Å². The van der Waals surface area contributed by atoms with Crippen molar-refractivity contribution in [1.82, 2.24) is 25.3 Å². The smallest absolute Gasteiger partial charge is 0.152 e. The maximum atomic E-state index is 4.24. The van der Waals surface area contributed by atoms with Crippen LogP contribution in [0.2, 0.25) is 0 Å². The summed E-state index contributed by atoms with van der Waals surface area (Å²) in [4.78, 5) is 0. The molecular weight excluding hydrogens is 178 g/mol. The number of fused-ring (bicyclic) bond motifs is 3. The SMILES string of the molecule is Cc1nn2nnnc2c2ccccc12. The van der Waals surface area contributed by atoms with E-state index in [-0.39, 0.29) is 0 Å². The summed E-state index contributed by atoms with van der Waals surface area (Å²) in [6.07, 6.45) is 0. The fourth-order valence-corrected chi connectivity index (χ4v) is 1.60. The van der Waals surface area contributed by atoms with E-state index in [1.54, 1.807) is 0 Å². The number of nitrogens with zero attached hydrogens (tertiary/aromatic N) is 5. The Kier molecular flexibility index (Phi) is 1.30. The number of aryl methyl sites for hydroxylation is 1. The Balaban J connectivity index is 2.67. The number of aromatic nitrogens is 5. The van der Waals surface area contributed by atoms with E-state index in [9.17, 15) is 0 Å². The second-order valence-electron chi connectivity index (χ2n) is 3.12. The first kappa shape index (κ1) is 7.37. The minimum absolute atomic E-state index is 0.700. The molecule has 0 N–H and O–H groups in total. The number of benzene rings is 1. The Morgan fingerprint density at radius 2 is 1.93 bits per heavy atom. The highest BCUT2D eigenvalue weighted by Gasteiger charge is 2.06. The summed E-state index contributed by atoms with van der Waals surface area (Å²) in [6.45, 7) is 1.95. The van der Waals surface area contributed by atoms with Gasteiger partial charge >= 0.3 is 0 Å². The summed E-state index contributed by atoms with van der Waals surface area (Å²) < 4.78 is 1.46. The minimum atomic E-state index is 0.700. The molecule has 0 spiro atoms. The van der Waals surface area contributed by atoms with E-state index in [0.29, 0.717) is 5.65 Å². The van der Waals surface area contributed by atoms with Crippen LogP contribution in [-0.4, -0.2) is 25.3 Å². The zero-order valence-electron chi connectivity index (χ0n) is 7.55. The van der Waals surface area contributed by atoms with Crippen molar-refractivity contribution in [3.63, 3.8) is 0 Å². The van der Waals surface area contributed by atoms with Gasteiger partial charge in [-0.05, 0) is 17.4 Å². The average molecular weight is 185 g/mol. The van der Waals surface area contributed by atoms with Crippen LogP contribution < -0.4 is 0 Å². The third kappa shape index (κ3) is 0.834. The van der Waals surface area contributed by atoms with Gasteiger partial charge in [0.1, 0.15) is 0 Å². The summed E-state index contributed by atoms with van der Waals surface area (Å²) in [6, 6.07) is 7.97. The van der Waals surface area contributed by atoms with Crippen molar-refractivity contribution >= 4 is 16.4 Å². The lowest BCUT2D eigenvalue weighted by Crippen LogP contribution is -1.97. The molecule has 0 unspecified atom stereocenters. The second-order valence-corrected chi connectivity index (χ2v) is 3.12. The van der Waals surface area contributed by atoms with Gasteiger partial charge in [-0.2, -0.15) is 5.10 Å². The van der Waals surface area contributed by atoms with Gasteiger partial charge in [0.05, 0.1) is 5.69 Å². The van der Waals surface area contributed by atoms with E-state index < -0.39 is 0 Å².